The van der Waals surface area contributed by atoms with Crippen LogP contribution in [0.25, 0.3) is 0 Å². The van der Waals surface area contributed by atoms with E-state index in [1.165, 1.54) is 30.5 Å². The molecule has 0 aromatic heterocycles. The summed E-state index contributed by atoms with van der Waals surface area (Å²) >= 11 is 0. The fourth-order valence-corrected chi connectivity index (χ4v) is 0.802. The number of carboxylic acid groups (broad SMARTS) is 1. The fourth-order valence-electron chi connectivity index (χ4n) is 0.802. The highest BCUT2D eigenvalue weighted by atomic mass is 16.5. The van der Waals surface area contributed by atoms with Gasteiger partial charge in [0.25, 0.3) is 6.26 Å². The third-order valence-corrected chi connectivity index (χ3v) is 1.35. The summed E-state index contributed by atoms with van der Waals surface area (Å²) < 4.78 is 9.38. The Labute approximate surface area is 80.1 Å². The minimum Gasteiger partial charge on any atom is -0.482 e. The summed E-state index contributed by atoms with van der Waals surface area (Å²) in [6.07, 6.45) is 1.52. The van der Waals surface area contributed by atoms with E-state index in [1.807, 2.05) is 0 Å². The van der Waals surface area contributed by atoms with Gasteiger partial charge < -0.3 is 14.6 Å². The van der Waals surface area contributed by atoms with Gasteiger partial charge in [-0.15, -0.1) is 5.26 Å². The molecule has 0 aliphatic heterocycles. The number of hydrogen-bond acceptors (Lipinski definition) is 4. The molecule has 0 radical (unpaired) electrons. The molecular weight excluding hydrogens is 186 g/mol. The Morgan fingerprint density at radius 2 is 1.93 bits per heavy atom. The van der Waals surface area contributed by atoms with Gasteiger partial charge in [0, 0.05) is 0 Å². The van der Waals surface area contributed by atoms with Gasteiger partial charge in [-0.3, -0.25) is 0 Å². The lowest BCUT2D eigenvalue weighted by atomic mass is 10.3. The van der Waals surface area contributed by atoms with Crippen molar-refractivity contribution in [3.63, 3.8) is 0 Å². The van der Waals surface area contributed by atoms with Crippen LogP contribution in [-0.4, -0.2) is 17.7 Å². The molecule has 0 aliphatic rings. The molecule has 0 saturated heterocycles. The van der Waals surface area contributed by atoms with Crippen molar-refractivity contribution in [1.29, 1.82) is 5.26 Å². The van der Waals surface area contributed by atoms with Gasteiger partial charge in [0.1, 0.15) is 11.5 Å². The van der Waals surface area contributed by atoms with Gasteiger partial charge in [0.2, 0.25) is 0 Å². The summed E-state index contributed by atoms with van der Waals surface area (Å²) in [5.41, 5.74) is 0. The zero-order valence-electron chi connectivity index (χ0n) is 7.14. The monoisotopic (exact) mass is 193 g/mol. The fraction of sp³-hybridized carbons (Fsp3) is 0.111. The predicted octanol–water partition coefficient (Wildman–Crippen LogP) is 1.01. The molecule has 1 aromatic carbocycles. The first-order valence-corrected chi connectivity index (χ1v) is 3.73. The molecule has 0 heterocycles. The van der Waals surface area contributed by atoms with E-state index in [-0.39, 0.29) is 0 Å². The molecule has 1 N–H and O–H groups in total. The first-order chi connectivity index (χ1) is 6.72. The van der Waals surface area contributed by atoms with E-state index in [9.17, 15) is 4.79 Å². The highest BCUT2D eigenvalue weighted by molar-refractivity contribution is 5.68. The van der Waals surface area contributed by atoms with Gasteiger partial charge >= 0.3 is 5.97 Å². The molecule has 0 atom stereocenters. The number of benzene rings is 1. The third-order valence-electron chi connectivity index (χ3n) is 1.35. The van der Waals surface area contributed by atoms with Gasteiger partial charge in [0.15, 0.2) is 6.61 Å². The Morgan fingerprint density at radius 1 is 1.36 bits per heavy atom. The third kappa shape index (κ3) is 3.03. The molecule has 0 spiro atoms. The summed E-state index contributed by atoms with van der Waals surface area (Å²) in [4.78, 5) is 10.1. The molecule has 1 aromatic rings. The number of nitriles is 1. The second kappa shape index (κ2) is 4.72. The van der Waals surface area contributed by atoms with E-state index in [4.69, 9.17) is 15.1 Å². The Balaban J connectivity index is 2.56. The van der Waals surface area contributed by atoms with Gasteiger partial charge in [-0.25, -0.2) is 4.79 Å². The van der Waals surface area contributed by atoms with E-state index in [0.717, 1.165) is 0 Å². The van der Waals surface area contributed by atoms with Gasteiger partial charge in [0.05, 0.1) is 0 Å². The van der Waals surface area contributed by atoms with Crippen molar-refractivity contribution in [2.75, 3.05) is 6.61 Å². The van der Waals surface area contributed by atoms with Crippen molar-refractivity contribution in [3.8, 4) is 17.8 Å². The van der Waals surface area contributed by atoms with E-state index in [0.29, 0.717) is 11.5 Å². The lowest BCUT2D eigenvalue weighted by molar-refractivity contribution is -0.139. The van der Waals surface area contributed by atoms with E-state index in [1.54, 1.807) is 0 Å². The quantitative estimate of drug-likeness (QED) is 0.722. The van der Waals surface area contributed by atoms with Crippen LogP contribution in [0.5, 0.6) is 11.5 Å². The Morgan fingerprint density at radius 3 is 2.43 bits per heavy atom. The standard InChI is InChI=1S/C9H7NO4/c10-6-14-8-3-1-7(2-4-8)13-5-9(11)12/h1-4H,5H2,(H,11,12). The molecule has 0 saturated carbocycles. The molecule has 0 fully saturated rings. The number of rotatable bonds is 4. The summed E-state index contributed by atoms with van der Waals surface area (Å²) in [5.74, 6) is -0.241. The maximum Gasteiger partial charge on any atom is 0.341 e. The zero-order valence-corrected chi connectivity index (χ0v) is 7.14. The van der Waals surface area contributed by atoms with Crippen molar-refractivity contribution in [1.82, 2.24) is 0 Å². The van der Waals surface area contributed by atoms with Crippen LogP contribution in [0.15, 0.2) is 24.3 Å². The molecule has 14 heavy (non-hydrogen) atoms. The number of carbonyl (C=O) groups is 1. The second-order valence-electron chi connectivity index (χ2n) is 2.35. The molecule has 0 unspecified atom stereocenters. The van der Waals surface area contributed by atoms with Gasteiger partial charge in [-0.1, -0.05) is 0 Å². The predicted molar refractivity (Wildman–Crippen MR) is 45.8 cm³/mol. The van der Waals surface area contributed by atoms with E-state index < -0.39 is 12.6 Å². The van der Waals surface area contributed by atoms with E-state index >= 15 is 0 Å². The summed E-state index contributed by atoms with van der Waals surface area (Å²) in [7, 11) is 0. The number of nitrogens with zero attached hydrogens (tertiary/aromatic N) is 1. The average molecular weight is 193 g/mol. The largest absolute Gasteiger partial charge is 0.482 e. The van der Waals surface area contributed by atoms with Crippen LogP contribution < -0.4 is 9.47 Å². The highest BCUT2D eigenvalue weighted by Gasteiger charge is 1.99. The number of hydrogen-bond donors (Lipinski definition) is 1. The Kier molecular flexibility index (Phi) is 3.33. The summed E-state index contributed by atoms with van der Waals surface area (Å²) in [6, 6.07) is 6.08. The van der Waals surface area contributed by atoms with Crippen LogP contribution >= 0.6 is 0 Å². The van der Waals surface area contributed by atoms with Crippen LogP contribution in [0.4, 0.5) is 0 Å². The maximum absolute atomic E-state index is 10.1. The molecule has 1 rings (SSSR count). The molecule has 5 heteroatoms. The van der Waals surface area contributed by atoms with E-state index in [2.05, 4.69) is 4.74 Å². The average Bonchev–Trinajstić information content (AvgIpc) is 2.17. The Bertz CT molecular complexity index is 352. The number of ether oxygens (including phenoxy) is 2. The van der Waals surface area contributed by atoms with Crippen LogP contribution in [0.1, 0.15) is 0 Å². The summed E-state index contributed by atoms with van der Waals surface area (Å²) in [6.45, 7) is -0.390. The molecule has 72 valence electrons. The number of carboxylic acids is 1. The van der Waals surface area contributed by atoms with Gasteiger partial charge in [-0.05, 0) is 24.3 Å². The van der Waals surface area contributed by atoms with Crippen LogP contribution in [-0.2, 0) is 4.79 Å². The highest BCUT2D eigenvalue weighted by Crippen LogP contribution is 2.16. The first kappa shape index (κ1) is 9.86. The smallest absolute Gasteiger partial charge is 0.341 e. The van der Waals surface area contributed by atoms with Crippen LogP contribution in [0.2, 0.25) is 0 Å². The maximum atomic E-state index is 10.1. The first-order valence-electron chi connectivity index (χ1n) is 3.73. The SMILES string of the molecule is N#COc1ccc(OCC(=O)O)cc1. The van der Waals surface area contributed by atoms with Crippen molar-refractivity contribution in [3.05, 3.63) is 24.3 Å². The topological polar surface area (TPSA) is 79.5 Å². The second-order valence-corrected chi connectivity index (χ2v) is 2.35. The number of aliphatic carboxylic acids is 1. The molecule has 5 nitrogen and oxygen atoms in total. The van der Waals surface area contributed by atoms with Crippen LogP contribution in [0, 0.1) is 11.5 Å². The molecule has 0 aliphatic carbocycles. The van der Waals surface area contributed by atoms with Crippen molar-refractivity contribution in [2.45, 2.75) is 0 Å². The Hall–Kier alpha value is -2.22. The molecule has 0 amide bonds. The van der Waals surface area contributed by atoms with Crippen molar-refractivity contribution >= 4 is 5.97 Å². The minimum absolute atomic E-state index is 0.384. The minimum atomic E-state index is -1.04. The van der Waals surface area contributed by atoms with Crippen LogP contribution in [0.3, 0.4) is 0 Å². The summed E-state index contributed by atoms with van der Waals surface area (Å²) in [5, 5.41) is 16.5. The lowest BCUT2D eigenvalue weighted by Crippen LogP contribution is -2.09. The van der Waals surface area contributed by atoms with Crippen molar-refractivity contribution in [2.24, 2.45) is 0 Å². The lowest BCUT2D eigenvalue weighted by Gasteiger charge is -2.02. The van der Waals surface area contributed by atoms with Crippen molar-refractivity contribution < 1.29 is 19.4 Å². The molecular formula is C9H7NO4. The normalized spacial score (nSPS) is 8.79. The zero-order chi connectivity index (χ0) is 10.4. The molecule has 0 bridgehead atoms. The van der Waals surface area contributed by atoms with Gasteiger partial charge in [-0.2, -0.15) is 0 Å².